The van der Waals surface area contributed by atoms with Crippen LogP contribution in [0, 0.1) is 0 Å². The fourth-order valence-corrected chi connectivity index (χ4v) is 1.96. The van der Waals surface area contributed by atoms with Gasteiger partial charge in [0, 0.05) is 13.7 Å². The second kappa shape index (κ2) is 6.82. The van der Waals surface area contributed by atoms with Crippen molar-refractivity contribution in [1.82, 2.24) is 5.32 Å². The topological polar surface area (TPSA) is 55.4 Å². The fraction of sp³-hybridized carbons (Fsp3) is 0.250. The third-order valence-corrected chi connectivity index (χ3v) is 3.06. The van der Waals surface area contributed by atoms with Gasteiger partial charge in [-0.2, -0.15) is 0 Å². The van der Waals surface area contributed by atoms with Crippen molar-refractivity contribution in [3.8, 4) is 0 Å². The number of benzene rings is 1. The van der Waals surface area contributed by atoms with Gasteiger partial charge >= 0.3 is 0 Å². The minimum atomic E-state index is -0.572. The molecule has 0 fully saturated rings. The number of carbonyl (C=O) groups excluding carboxylic acids is 2. The molecule has 0 radical (unpaired) electrons. The van der Waals surface area contributed by atoms with Gasteiger partial charge in [0.05, 0.1) is 6.42 Å². The first kappa shape index (κ1) is 14.2. The summed E-state index contributed by atoms with van der Waals surface area (Å²) in [6, 6.07) is 9.72. The normalized spacial score (nSPS) is 17.8. The number of ketones is 1. The van der Waals surface area contributed by atoms with Crippen molar-refractivity contribution in [2.75, 3.05) is 7.11 Å². The van der Waals surface area contributed by atoms with Crippen molar-refractivity contribution in [3.63, 3.8) is 0 Å². The molecule has 0 bridgehead atoms. The Morgan fingerprint density at radius 3 is 2.70 bits per heavy atom. The molecule has 1 unspecified atom stereocenters. The number of hydrogen-bond donors (Lipinski definition) is 1. The summed E-state index contributed by atoms with van der Waals surface area (Å²) in [4.78, 5) is 23.3. The molecule has 4 nitrogen and oxygen atoms in total. The number of ether oxygens (including phenoxy) is 1. The van der Waals surface area contributed by atoms with E-state index in [0.29, 0.717) is 6.54 Å². The van der Waals surface area contributed by atoms with Gasteiger partial charge in [-0.05, 0) is 23.3 Å². The largest absolute Gasteiger partial charge is 0.369 e. The van der Waals surface area contributed by atoms with Crippen LogP contribution in [0.1, 0.15) is 12.0 Å². The van der Waals surface area contributed by atoms with E-state index in [1.807, 2.05) is 30.3 Å². The van der Waals surface area contributed by atoms with Crippen LogP contribution in [0.2, 0.25) is 0 Å². The maximum absolute atomic E-state index is 11.8. The number of nitrogens with one attached hydrogen (secondary N) is 1. The van der Waals surface area contributed by atoms with Crippen LogP contribution >= 0.6 is 0 Å². The molecule has 0 aromatic heterocycles. The van der Waals surface area contributed by atoms with Gasteiger partial charge in [-0.1, -0.05) is 36.4 Å². The highest BCUT2D eigenvalue weighted by Gasteiger charge is 2.17. The van der Waals surface area contributed by atoms with Crippen LogP contribution < -0.4 is 5.32 Å². The zero-order chi connectivity index (χ0) is 14.4. The fourth-order valence-electron chi connectivity index (χ4n) is 1.96. The van der Waals surface area contributed by atoms with E-state index in [2.05, 4.69) is 5.32 Å². The van der Waals surface area contributed by atoms with Crippen molar-refractivity contribution in [2.24, 2.45) is 0 Å². The molecule has 1 aromatic rings. The number of allylic oxidation sites excluding steroid dienone is 1. The smallest absolute Gasteiger partial charge is 0.224 e. The number of hydrogen-bond acceptors (Lipinski definition) is 3. The van der Waals surface area contributed by atoms with Crippen LogP contribution in [0.15, 0.2) is 54.1 Å². The van der Waals surface area contributed by atoms with E-state index in [1.54, 1.807) is 12.2 Å². The molecular weight excluding hydrogens is 254 g/mol. The molecule has 2 rings (SSSR count). The number of rotatable bonds is 5. The molecule has 104 valence electrons. The molecular formula is C16H17NO3. The monoisotopic (exact) mass is 271 g/mol. The van der Waals surface area contributed by atoms with E-state index in [-0.39, 0.29) is 18.1 Å². The van der Waals surface area contributed by atoms with Crippen molar-refractivity contribution < 1.29 is 14.3 Å². The van der Waals surface area contributed by atoms with Gasteiger partial charge in [0.2, 0.25) is 5.91 Å². The lowest BCUT2D eigenvalue weighted by Crippen LogP contribution is -2.25. The molecule has 1 aromatic carbocycles. The van der Waals surface area contributed by atoms with Gasteiger partial charge in [-0.3, -0.25) is 9.59 Å². The van der Waals surface area contributed by atoms with E-state index in [4.69, 9.17) is 4.74 Å². The first-order chi connectivity index (χ1) is 9.69. The minimum absolute atomic E-state index is 0.0750. The summed E-state index contributed by atoms with van der Waals surface area (Å²) >= 11 is 0. The van der Waals surface area contributed by atoms with Crippen LogP contribution in [0.3, 0.4) is 0 Å². The Morgan fingerprint density at radius 2 is 2.00 bits per heavy atom. The lowest BCUT2D eigenvalue weighted by molar-refractivity contribution is -0.122. The molecule has 1 amide bonds. The van der Waals surface area contributed by atoms with Gasteiger partial charge in [0.1, 0.15) is 6.10 Å². The van der Waals surface area contributed by atoms with Crippen LogP contribution in [0.4, 0.5) is 0 Å². The summed E-state index contributed by atoms with van der Waals surface area (Å²) in [6.45, 7) is 0.503. The van der Waals surface area contributed by atoms with Crippen LogP contribution in [0.25, 0.3) is 0 Å². The summed E-state index contributed by atoms with van der Waals surface area (Å²) in [5.41, 5.74) is 1.85. The van der Waals surface area contributed by atoms with Crippen molar-refractivity contribution >= 4 is 11.7 Å². The van der Waals surface area contributed by atoms with Crippen LogP contribution in [-0.2, 0) is 20.9 Å². The number of amides is 1. The molecule has 20 heavy (non-hydrogen) atoms. The molecule has 0 aliphatic heterocycles. The van der Waals surface area contributed by atoms with Gasteiger partial charge in [0.15, 0.2) is 5.78 Å². The summed E-state index contributed by atoms with van der Waals surface area (Å²) in [6.07, 6.45) is 4.48. The Hall–Kier alpha value is -2.20. The summed E-state index contributed by atoms with van der Waals surface area (Å²) in [5, 5.41) is 2.85. The Morgan fingerprint density at radius 1 is 1.25 bits per heavy atom. The van der Waals surface area contributed by atoms with Gasteiger partial charge in [0.25, 0.3) is 0 Å². The zero-order valence-electron chi connectivity index (χ0n) is 11.3. The van der Waals surface area contributed by atoms with Gasteiger partial charge in [-0.15, -0.1) is 0 Å². The molecule has 0 saturated heterocycles. The SMILES string of the molecule is COC1C=C(CC(=O)NCc2ccccc2)C=CC1=O. The lowest BCUT2D eigenvalue weighted by Gasteiger charge is -2.14. The third kappa shape index (κ3) is 3.90. The Balaban J connectivity index is 1.86. The maximum Gasteiger partial charge on any atom is 0.224 e. The zero-order valence-corrected chi connectivity index (χ0v) is 11.3. The summed E-state index contributed by atoms with van der Waals surface area (Å²) in [5.74, 6) is -0.171. The predicted octanol–water partition coefficient (Wildman–Crippen LogP) is 1.77. The van der Waals surface area contributed by atoms with Crippen molar-refractivity contribution in [1.29, 1.82) is 0 Å². The van der Waals surface area contributed by atoms with Crippen molar-refractivity contribution in [2.45, 2.75) is 19.1 Å². The Labute approximate surface area is 118 Å². The van der Waals surface area contributed by atoms with E-state index in [0.717, 1.165) is 11.1 Å². The first-order valence-electron chi connectivity index (χ1n) is 6.45. The van der Waals surface area contributed by atoms with E-state index >= 15 is 0 Å². The molecule has 1 aliphatic carbocycles. The van der Waals surface area contributed by atoms with Gasteiger partial charge < -0.3 is 10.1 Å². The van der Waals surface area contributed by atoms with E-state index < -0.39 is 6.10 Å². The van der Waals surface area contributed by atoms with Gasteiger partial charge in [-0.25, -0.2) is 0 Å². The molecule has 4 heteroatoms. The van der Waals surface area contributed by atoms with Crippen LogP contribution in [0.5, 0.6) is 0 Å². The highest BCUT2D eigenvalue weighted by atomic mass is 16.5. The molecule has 0 spiro atoms. The van der Waals surface area contributed by atoms with Crippen LogP contribution in [-0.4, -0.2) is 24.9 Å². The summed E-state index contributed by atoms with van der Waals surface area (Å²) in [7, 11) is 1.48. The highest BCUT2D eigenvalue weighted by molar-refractivity contribution is 5.97. The third-order valence-electron chi connectivity index (χ3n) is 3.06. The Kier molecular flexibility index (Phi) is 4.85. The first-order valence-corrected chi connectivity index (χ1v) is 6.45. The van der Waals surface area contributed by atoms with E-state index in [9.17, 15) is 9.59 Å². The second-order valence-corrected chi connectivity index (χ2v) is 4.57. The standard InChI is InChI=1S/C16H17NO3/c1-20-15-9-13(7-8-14(15)18)10-16(19)17-11-12-5-3-2-4-6-12/h2-9,15H,10-11H2,1H3,(H,17,19). The predicted molar refractivity (Wildman–Crippen MR) is 75.9 cm³/mol. The quantitative estimate of drug-likeness (QED) is 0.888. The molecule has 1 N–H and O–H groups in total. The molecule has 0 saturated carbocycles. The molecule has 1 atom stereocenters. The average Bonchev–Trinajstić information content (AvgIpc) is 2.48. The number of carbonyl (C=O) groups is 2. The maximum atomic E-state index is 11.8. The highest BCUT2D eigenvalue weighted by Crippen LogP contribution is 2.13. The Bertz CT molecular complexity index is 546. The number of methoxy groups -OCH3 is 1. The minimum Gasteiger partial charge on any atom is -0.369 e. The summed E-state index contributed by atoms with van der Waals surface area (Å²) < 4.78 is 5.04. The molecule has 1 aliphatic rings. The average molecular weight is 271 g/mol. The van der Waals surface area contributed by atoms with E-state index in [1.165, 1.54) is 13.2 Å². The van der Waals surface area contributed by atoms with Crippen molar-refractivity contribution in [3.05, 3.63) is 59.7 Å². The second-order valence-electron chi connectivity index (χ2n) is 4.57. The lowest BCUT2D eigenvalue weighted by atomic mass is 10.0. The molecule has 0 heterocycles.